The summed E-state index contributed by atoms with van der Waals surface area (Å²) in [6.45, 7) is 0.373. The first-order valence-electron chi connectivity index (χ1n) is 9.23. The van der Waals surface area contributed by atoms with Crippen molar-refractivity contribution in [2.75, 3.05) is 0 Å². The Kier molecular flexibility index (Phi) is 4.13. The molecule has 0 radical (unpaired) electrons. The van der Waals surface area contributed by atoms with Gasteiger partial charge in [0.1, 0.15) is 5.82 Å². The molecule has 3 heterocycles. The molecule has 0 saturated carbocycles. The van der Waals surface area contributed by atoms with Gasteiger partial charge in [0.15, 0.2) is 11.3 Å². The molecule has 0 unspecified atom stereocenters. The second-order valence-corrected chi connectivity index (χ2v) is 6.76. The minimum Gasteiger partial charge on any atom is -0.289 e. The van der Waals surface area contributed by atoms with Crippen molar-refractivity contribution in [1.82, 2.24) is 24.5 Å². The molecule has 5 aromatic rings. The monoisotopic (exact) mass is 385 g/mol. The highest BCUT2D eigenvalue weighted by molar-refractivity contribution is 5.93. The topological polar surface area (TPSA) is 76.5 Å². The number of hydrogen-bond donors (Lipinski definition) is 1. The van der Waals surface area contributed by atoms with Crippen LogP contribution in [0.25, 0.3) is 33.5 Å². The molecule has 0 amide bonds. The van der Waals surface area contributed by atoms with E-state index in [4.69, 9.17) is 4.98 Å². The molecule has 0 atom stereocenters. The van der Waals surface area contributed by atoms with Gasteiger partial charge in [0.05, 0.1) is 17.4 Å². The fraction of sp³-hybridized carbons (Fsp3) is 0.0909. The minimum absolute atomic E-state index is 0.284. The molecule has 0 spiro atoms. The molecule has 0 saturated heterocycles. The van der Waals surface area contributed by atoms with Crippen molar-refractivity contribution in [3.05, 3.63) is 88.9 Å². The number of imidazole rings is 1. The quantitative estimate of drug-likeness (QED) is 0.512. The molecule has 6 nitrogen and oxygen atoms in total. The van der Waals surface area contributed by atoms with Crippen LogP contribution in [0.1, 0.15) is 5.56 Å². The maximum atomic E-state index is 13.4. The van der Waals surface area contributed by atoms with Gasteiger partial charge in [-0.1, -0.05) is 30.3 Å². The molecular weight excluding hydrogens is 369 g/mol. The standard InChI is InChI=1S/C22H16FN5O/c23-15-5-1-4-14(12-15)9-11-28-21-20(27-22(28)29)25-13-19(26-21)17-6-2-8-18-16(17)7-3-10-24-18/h1-8,10,12-13H,9,11H2,(H,25,27,29). The van der Waals surface area contributed by atoms with Crippen molar-refractivity contribution in [3.63, 3.8) is 0 Å². The van der Waals surface area contributed by atoms with Crippen LogP contribution in [0.4, 0.5) is 4.39 Å². The summed E-state index contributed by atoms with van der Waals surface area (Å²) in [6.07, 6.45) is 3.91. The molecule has 142 valence electrons. The number of aromatic nitrogens is 5. The summed E-state index contributed by atoms with van der Waals surface area (Å²) < 4.78 is 15.0. The van der Waals surface area contributed by atoms with E-state index in [9.17, 15) is 9.18 Å². The van der Waals surface area contributed by atoms with E-state index in [1.807, 2.05) is 36.4 Å². The second kappa shape index (κ2) is 6.94. The van der Waals surface area contributed by atoms with Crippen LogP contribution >= 0.6 is 0 Å². The van der Waals surface area contributed by atoms with Crippen LogP contribution in [0.15, 0.2) is 71.8 Å². The number of halogens is 1. The Morgan fingerprint density at radius 2 is 1.93 bits per heavy atom. The van der Waals surface area contributed by atoms with Crippen molar-refractivity contribution in [1.29, 1.82) is 0 Å². The van der Waals surface area contributed by atoms with Crippen molar-refractivity contribution in [3.8, 4) is 11.3 Å². The minimum atomic E-state index is -0.291. The largest absolute Gasteiger partial charge is 0.328 e. The summed E-state index contributed by atoms with van der Waals surface area (Å²) in [5.41, 5.74) is 3.86. The highest BCUT2D eigenvalue weighted by Crippen LogP contribution is 2.26. The fourth-order valence-electron chi connectivity index (χ4n) is 3.52. The lowest BCUT2D eigenvalue weighted by atomic mass is 10.1. The van der Waals surface area contributed by atoms with Crippen molar-refractivity contribution >= 4 is 22.2 Å². The van der Waals surface area contributed by atoms with Gasteiger partial charge in [0, 0.05) is 23.7 Å². The first-order chi connectivity index (χ1) is 14.2. The number of fused-ring (bicyclic) bond motifs is 2. The molecule has 0 fully saturated rings. The van der Waals surface area contributed by atoms with Gasteiger partial charge >= 0.3 is 5.69 Å². The number of H-pyrrole nitrogens is 1. The van der Waals surface area contributed by atoms with E-state index >= 15 is 0 Å². The highest BCUT2D eigenvalue weighted by Gasteiger charge is 2.13. The van der Waals surface area contributed by atoms with E-state index in [0.717, 1.165) is 22.0 Å². The molecule has 29 heavy (non-hydrogen) atoms. The normalized spacial score (nSPS) is 11.3. The third kappa shape index (κ3) is 3.16. The van der Waals surface area contributed by atoms with Crippen LogP contribution in [-0.2, 0) is 13.0 Å². The first-order valence-corrected chi connectivity index (χ1v) is 9.23. The Hall–Kier alpha value is -3.87. The number of hydrogen-bond acceptors (Lipinski definition) is 4. The van der Waals surface area contributed by atoms with Gasteiger partial charge < -0.3 is 0 Å². The highest BCUT2D eigenvalue weighted by atomic mass is 19.1. The van der Waals surface area contributed by atoms with E-state index in [0.29, 0.717) is 30.0 Å². The Balaban J connectivity index is 1.58. The Bertz CT molecular complexity index is 1400. The molecule has 7 heteroatoms. The van der Waals surface area contributed by atoms with Crippen molar-refractivity contribution in [2.24, 2.45) is 0 Å². The number of benzene rings is 2. The van der Waals surface area contributed by atoms with Crippen LogP contribution in [0.2, 0.25) is 0 Å². The smallest absolute Gasteiger partial charge is 0.289 e. The summed E-state index contributed by atoms with van der Waals surface area (Å²) in [5, 5.41) is 0.966. The zero-order valence-corrected chi connectivity index (χ0v) is 15.3. The van der Waals surface area contributed by atoms with Crippen molar-refractivity contribution < 1.29 is 4.39 Å². The van der Waals surface area contributed by atoms with Gasteiger partial charge in [0.2, 0.25) is 0 Å². The number of pyridine rings is 1. The molecule has 0 aliphatic carbocycles. The number of rotatable bonds is 4. The predicted molar refractivity (Wildman–Crippen MR) is 109 cm³/mol. The van der Waals surface area contributed by atoms with E-state index in [-0.39, 0.29) is 11.5 Å². The molecule has 5 rings (SSSR count). The van der Waals surface area contributed by atoms with Gasteiger partial charge in [-0.05, 0) is 36.2 Å². The lowest BCUT2D eigenvalue weighted by molar-refractivity contribution is 0.621. The van der Waals surface area contributed by atoms with Gasteiger partial charge in [0.25, 0.3) is 0 Å². The molecule has 0 bridgehead atoms. The lowest BCUT2D eigenvalue weighted by Gasteiger charge is -2.07. The van der Waals surface area contributed by atoms with Crippen LogP contribution in [0.5, 0.6) is 0 Å². The van der Waals surface area contributed by atoms with Crippen LogP contribution < -0.4 is 5.69 Å². The summed E-state index contributed by atoms with van der Waals surface area (Å²) in [5.74, 6) is -0.291. The molecule has 1 N–H and O–H groups in total. The van der Waals surface area contributed by atoms with Gasteiger partial charge in [-0.25, -0.2) is 19.2 Å². The van der Waals surface area contributed by atoms with Crippen molar-refractivity contribution in [2.45, 2.75) is 13.0 Å². The molecule has 2 aromatic carbocycles. The van der Waals surface area contributed by atoms with Crippen LogP contribution in [0, 0.1) is 5.82 Å². The Morgan fingerprint density at radius 3 is 2.83 bits per heavy atom. The van der Waals surface area contributed by atoms with E-state index < -0.39 is 0 Å². The van der Waals surface area contributed by atoms with E-state index in [1.54, 1.807) is 23.0 Å². The zero-order chi connectivity index (χ0) is 19.8. The number of aromatic amines is 1. The maximum absolute atomic E-state index is 13.4. The molecule has 0 aliphatic heterocycles. The summed E-state index contributed by atoms with van der Waals surface area (Å²) in [4.78, 5) is 28.7. The number of nitrogens with one attached hydrogen (secondary N) is 1. The number of aryl methyl sites for hydroxylation is 2. The SMILES string of the molecule is O=c1[nH]c2ncc(-c3cccc4ncccc34)nc2n1CCc1cccc(F)c1. The molecular formula is C22H16FN5O. The summed E-state index contributed by atoms with van der Waals surface area (Å²) in [6, 6.07) is 16.1. The third-order valence-corrected chi connectivity index (χ3v) is 4.92. The first kappa shape index (κ1) is 17.2. The summed E-state index contributed by atoms with van der Waals surface area (Å²) >= 11 is 0. The van der Waals surface area contributed by atoms with E-state index in [1.165, 1.54) is 12.1 Å². The third-order valence-electron chi connectivity index (χ3n) is 4.92. The average Bonchev–Trinajstić information content (AvgIpc) is 3.06. The van der Waals surface area contributed by atoms with Crippen LogP contribution in [0.3, 0.4) is 0 Å². The molecule has 0 aliphatic rings. The van der Waals surface area contributed by atoms with Gasteiger partial charge in [-0.15, -0.1) is 0 Å². The predicted octanol–water partition coefficient (Wildman–Crippen LogP) is 3.72. The molecule has 3 aromatic heterocycles. The maximum Gasteiger partial charge on any atom is 0.328 e. The van der Waals surface area contributed by atoms with Gasteiger partial charge in [-0.3, -0.25) is 14.5 Å². The Labute approximate surface area is 164 Å². The average molecular weight is 385 g/mol. The Morgan fingerprint density at radius 1 is 1.03 bits per heavy atom. The van der Waals surface area contributed by atoms with Gasteiger partial charge in [-0.2, -0.15) is 0 Å². The number of nitrogens with zero attached hydrogens (tertiary/aromatic N) is 4. The fourth-order valence-corrected chi connectivity index (χ4v) is 3.52. The second-order valence-electron chi connectivity index (χ2n) is 6.76. The summed E-state index contributed by atoms with van der Waals surface area (Å²) in [7, 11) is 0. The zero-order valence-electron chi connectivity index (χ0n) is 15.3. The lowest BCUT2D eigenvalue weighted by Crippen LogP contribution is -2.18. The van der Waals surface area contributed by atoms with Crippen LogP contribution in [-0.4, -0.2) is 24.5 Å². The van der Waals surface area contributed by atoms with E-state index in [2.05, 4.69) is 15.0 Å².